The van der Waals surface area contributed by atoms with Crippen molar-refractivity contribution in [3.8, 4) is 0 Å². The molecule has 0 spiro atoms. The summed E-state index contributed by atoms with van der Waals surface area (Å²) in [7, 11) is 0. The molecule has 2 N–H and O–H groups in total. The second kappa shape index (κ2) is 5.00. The van der Waals surface area contributed by atoms with Crippen molar-refractivity contribution in [3.05, 3.63) is 35.9 Å². The Balaban J connectivity index is 1.81. The van der Waals surface area contributed by atoms with Gasteiger partial charge in [-0.25, -0.2) is 0 Å². The molecule has 0 bridgehead atoms. The SMILES string of the molecule is O=C1C2C(CO)C(CO)C2C(=O)N1Cc1ccccc1. The van der Waals surface area contributed by atoms with E-state index in [1.54, 1.807) is 0 Å². The molecular formula is C15H17NO4. The lowest BCUT2D eigenvalue weighted by atomic mass is 9.58. The van der Waals surface area contributed by atoms with Crippen molar-refractivity contribution in [1.82, 2.24) is 4.90 Å². The average molecular weight is 275 g/mol. The zero-order valence-corrected chi connectivity index (χ0v) is 11.0. The highest BCUT2D eigenvalue weighted by Crippen LogP contribution is 2.51. The number of carbonyl (C=O) groups is 2. The Kier molecular flexibility index (Phi) is 3.31. The lowest BCUT2D eigenvalue weighted by molar-refractivity contribution is -0.142. The number of imide groups is 1. The molecule has 106 valence electrons. The molecule has 1 aromatic carbocycles. The fourth-order valence-electron chi connectivity index (χ4n) is 3.48. The van der Waals surface area contributed by atoms with E-state index in [-0.39, 0.29) is 43.4 Å². The highest BCUT2D eigenvalue weighted by atomic mass is 16.3. The summed E-state index contributed by atoms with van der Waals surface area (Å²) in [5, 5.41) is 18.6. The van der Waals surface area contributed by atoms with E-state index in [0.717, 1.165) is 5.56 Å². The molecule has 1 heterocycles. The monoisotopic (exact) mass is 275 g/mol. The Morgan fingerprint density at radius 1 is 0.900 bits per heavy atom. The Morgan fingerprint density at radius 2 is 1.40 bits per heavy atom. The number of hydrogen-bond acceptors (Lipinski definition) is 4. The molecule has 1 aliphatic carbocycles. The van der Waals surface area contributed by atoms with Crippen molar-refractivity contribution in [2.75, 3.05) is 13.2 Å². The highest BCUT2D eigenvalue weighted by Gasteiger charge is 2.63. The number of amides is 2. The van der Waals surface area contributed by atoms with Gasteiger partial charge in [-0.2, -0.15) is 0 Å². The Hall–Kier alpha value is -1.72. The maximum Gasteiger partial charge on any atom is 0.233 e. The van der Waals surface area contributed by atoms with Crippen LogP contribution in [0.1, 0.15) is 5.56 Å². The van der Waals surface area contributed by atoms with Gasteiger partial charge in [-0.15, -0.1) is 0 Å². The summed E-state index contributed by atoms with van der Waals surface area (Å²) in [6, 6.07) is 9.34. The molecule has 1 saturated carbocycles. The number of likely N-dealkylation sites (tertiary alicyclic amines) is 1. The van der Waals surface area contributed by atoms with Gasteiger partial charge in [-0.1, -0.05) is 30.3 Å². The maximum atomic E-state index is 12.3. The van der Waals surface area contributed by atoms with E-state index >= 15 is 0 Å². The van der Waals surface area contributed by atoms with E-state index in [9.17, 15) is 19.8 Å². The molecule has 4 atom stereocenters. The van der Waals surface area contributed by atoms with E-state index in [0.29, 0.717) is 0 Å². The molecular weight excluding hydrogens is 258 g/mol. The van der Waals surface area contributed by atoms with Gasteiger partial charge in [0.05, 0.1) is 18.4 Å². The van der Waals surface area contributed by atoms with Crippen molar-refractivity contribution >= 4 is 11.8 Å². The molecule has 1 aromatic rings. The molecule has 2 amide bonds. The normalized spacial score (nSPS) is 32.2. The third-order valence-electron chi connectivity index (χ3n) is 4.57. The summed E-state index contributed by atoms with van der Waals surface area (Å²) in [4.78, 5) is 25.9. The number of aliphatic hydroxyl groups is 2. The van der Waals surface area contributed by atoms with Gasteiger partial charge in [-0.05, 0) is 5.56 Å². The lowest BCUT2D eigenvalue weighted by Gasteiger charge is -2.43. The topological polar surface area (TPSA) is 77.8 Å². The third-order valence-corrected chi connectivity index (χ3v) is 4.57. The van der Waals surface area contributed by atoms with Crippen LogP contribution < -0.4 is 0 Å². The van der Waals surface area contributed by atoms with Gasteiger partial charge in [-0.3, -0.25) is 14.5 Å². The van der Waals surface area contributed by atoms with Crippen LogP contribution in [0.4, 0.5) is 0 Å². The van der Waals surface area contributed by atoms with Crippen molar-refractivity contribution in [1.29, 1.82) is 0 Å². The van der Waals surface area contributed by atoms with Crippen LogP contribution in [0.2, 0.25) is 0 Å². The summed E-state index contributed by atoms with van der Waals surface area (Å²) in [5.41, 5.74) is 0.900. The molecule has 5 nitrogen and oxygen atoms in total. The van der Waals surface area contributed by atoms with Crippen molar-refractivity contribution in [2.45, 2.75) is 6.54 Å². The van der Waals surface area contributed by atoms with E-state index < -0.39 is 11.8 Å². The number of nitrogens with zero attached hydrogens (tertiary/aromatic N) is 1. The first kappa shape index (κ1) is 13.3. The summed E-state index contributed by atoms with van der Waals surface area (Å²) < 4.78 is 0. The summed E-state index contributed by atoms with van der Waals surface area (Å²) >= 11 is 0. The van der Waals surface area contributed by atoms with E-state index in [4.69, 9.17) is 0 Å². The Labute approximate surface area is 116 Å². The number of benzene rings is 1. The third kappa shape index (κ3) is 1.77. The lowest BCUT2D eigenvalue weighted by Crippen LogP contribution is -2.51. The van der Waals surface area contributed by atoms with Gasteiger partial charge in [0, 0.05) is 25.0 Å². The van der Waals surface area contributed by atoms with Crippen LogP contribution in [-0.4, -0.2) is 40.1 Å². The van der Waals surface area contributed by atoms with Crippen LogP contribution >= 0.6 is 0 Å². The van der Waals surface area contributed by atoms with Crippen molar-refractivity contribution in [3.63, 3.8) is 0 Å². The molecule has 3 rings (SSSR count). The average Bonchev–Trinajstić information content (AvgIpc) is 2.63. The Morgan fingerprint density at radius 3 is 1.85 bits per heavy atom. The number of carbonyl (C=O) groups excluding carboxylic acids is 2. The zero-order chi connectivity index (χ0) is 14.3. The molecule has 1 aliphatic heterocycles. The second-order valence-corrected chi connectivity index (χ2v) is 5.49. The van der Waals surface area contributed by atoms with Crippen LogP contribution in [-0.2, 0) is 16.1 Å². The molecule has 4 unspecified atom stereocenters. The molecule has 1 saturated heterocycles. The quantitative estimate of drug-likeness (QED) is 0.759. The summed E-state index contributed by atoms with van der Waals surface area (Å²) in [6.07, 6.45) is 0. The van der Waals surface area contributed by atoms with E-state index in [2.05, 4.69) is 0 Å². The van der Waals surface area contributed by atoms with Crippen LogP contribution in [0.15, 0.2) is 30.3 Å². The number of fused-ring (bicyclic) bond motifs is 1. The van der Waals surface area contributed by atoms with E-state index in [1.165, 1.54) is 4.90 Å². The fraction of sp³-hybridized carbons (Fsp3) is 0.467. The number of rotatable bonds is 4. The molecule has 20 heavy (non-hydrogen) atoms. The van der Waals surface area contributed by atoms with Gasteiger partial charge in [0.1, 0.15) is 0 Å². The molecule has 5 heteroatoms. The van der Waals surface area contributed by atoms with Crippen LogP contribution in [0.25, 0.3) is 0 Å². The van der Waals surface area contributed by atoms with Crippen LogP contribution in [0.3, 0.4) is 0 Å². The summed E-state index contributed by atoms with van der Waals surface area (Å²) in [6.45, 7) is -0.0585. The molecule has 0 aromatic heterocycles. The van der Waals surface area contributed by atoms with Crippen LogP contribution in [0, 0.1) is 23.7 Å². The fourth-order valence-corrected chi connectivity index (χ4v) is 3.48. The Bertz CT molecular complexity index is 502. The molecule has 2 aliphatic rings. The van der Waals surface area contributed by atoms with Gasteiger partial charge in [0.25, 0.3) is 0 Å². The first-order chi connectivity index (χ1) is 9.69. The van der Waals surface area contributed by atoms with Gasteiger partial charge in [0.15, 0.2) is 0 Å². The minimum atomic E-state index is -0.451. The zero-order valence-electron chi connectivity index (χ0n) is 11.0. The maximum absolute atomic E-state index is 12.3. The van der Waals surface area contributed by atoms with Crippen LogP contribution in [0.5, 0.6) is 0 Å². The molecule has 0 radical (unpaired) electrons. The predicted molar refractivity (Wildman–Crippen MR) is 70.1 cm³/mol. The first-order valence-corrected chi connectivity index (χ1v) is 6.80. The number of aliphatic hydroxyl groups excluding tert-OH is 2. The molecule has 2 fully saturated rings. The smallest absolute Gasteiger partial charge is 0.233 e. The largest absolute Gasteiger partial charge is 0.396 e. The first-order valence-electron chi connectivity index (χ1n) is 6.80. The van der Waals surface area contributed by atoms with E-state index in [1.807, 2.05) is 30.3 Å². The minimum absolute atomic E-state index is 0.162. The summed E-state index contributed by atoms with van der Waals surface area (Å²) in [5.74, 6) is -1.91. The number of hydrogen-bond donors (Lipinski definition) is 2. The highest BCUT2D eigenvalue weighted by molar-refractivity contribution is 6.06. The van der Waals surface area contributed by atoms with Gasteiger partial charge >= 0.3 is 0 Å². The minimum Gasteiger partial charge on any atom is -0.396 e. The van der Waals surface area contributed by atoms with Crippen molar-refractivity contribution < 1.29 is 19.8 Å². The van der Waals surface area contributed by atoms with Crippen molar-refractivity contribution in [2.24, 2.45) is 23.7 Å². The predicted octanol–water partition coefficient (Wildman–Crippen LogP) is 0.0184. The van der Waals surface area contributed by atoms with Gasteiger partial charge in [0.2, 0.25) is 11.8 Å². The second-order valence-electron chi connectivity index (χ2n) is 5.49. The van der Waals surface area contributed by atoms with Gasteiger partial charge < -0.3 is 10.2 Å². The standard InChI is InChI=1S/C15H17NO4/c17-7-10-11(8-18)13-12(10)14(19)16(15(13)20)6-9-4-2-1-3-5-9/h1-5,10-13,17-18H,6-8H2.